The zero-order valence-corrected chi connectivity index (χ0v) is 36.4. The Labute approximate surface area is 345 Å². The Bertz CT molecular complexity index is 2250. The van der Waals surface area contributed by atoms with E-state index in [4.69, 9.17) is 0 Å². The van der Waals surface area contributed by atoms with E-state index in [0.717, 1.165) is 59.6 Å². The number of aromatic nitrogens is 1. The highest BCUT2D eigenvalue weighted by Gasteiger charge is 2.44. The highest BCUT2D eigenvalue weighted by molar-refractivity contribution is 8.12. The van der Waals surface area contributed by atoms with Gasteiger partial charge in [-0.05, 0) is 80.4 Å². The molecular formula is C47H60N4O4S2+2. The molecule has 10 heteroatoms. The lowest BCUT2D eigenvalue weighted by atomic mass is 9.81. The molecule has 1 aromatic heterocycles. The first-order chi connectivity index (χ1) is 27.1. The molecule has 8 nitrogen and oxygen atoms in total. The SMILES string of the molecule is CCCCC[N+]1=C(/C=C/C2=C(N(C)C(=O)SCc3cc[n+](C)cc3)C(=C/C=C3/N(CCCCS(=O)(=O)O)c4ccccc4C3(C)C)/CC2)C(C)(C)c2ccccc21. The quantitative estimate of drug-likeness (QED) is 0.0936. The summed E-state index contributed by atoms with van der Waals surface area (Å²) in [6.45, 7) is 12.9. The van der Waals surface area contributed by atoms with Gasteiger partial charge in [-0.2, -0.15) is 13.0 Å². The number of nitrogens with zero attached hydrogens (tertiary/aromatic N) is 4. The molecule has 0 saturated carbocycles. The van der Waals surface area contributed by atoms with E-state index in [2.05, 4.69) is 123 Å². The lowest BCUT2D eigenvalue weighted by Gasteiger charge is -2.27. The van der Waals surface area contributed by atoms with Crippen molar-refractivity contribution < 1.29 is 26.9 Å². The number of para-hydroxylation sites is 2. The Hall–Kier alpha value is -4.25. The van der Waals surface area contributed by atoms with Crippen molar-refractivity contribution in [3.63, 3.8) is 0 Å². The average molecular weight is 809 g/mol. The van der Waals surface area contributed by atoms with E-state index >= 15 is 0 Å². The minimum absolute atomic E-state index is 0.00101. The van der Waals surface area contributed by atoms with Crippen LogP contribution in [0.3, 0.4) is 0 Å². The largest absolute Gasteiger partial charge is 0.344 e. The number of hydrogen-bond donors (Lipinski definition) is 1. The minimum Gasteiger partial charge on any atom is -0.344 e. The van der Waals surface area contributed by atoms with Gasteiger partial charge in [0.25, 0.3) is 15.4 Å². The summed E-state index contributed by atoms with van der Waals surface area (Å²) in [5.74, 6) is 0.335. The summed E-state index contributed by atoms with van der Waals surface area (Å²) < 4.78 is 36.8. The highest BCUT2D eigenvalue weighted by Crippen LogP contribution is 2.48. The topological polar surface area (TPSA) is 84.8 Å². The van der Waals surface area contributed by atoms with Crippen LogP contribution in [0, 0.1) is 0 Å². The predicted molar refractivity (Wildman–Crippen MR) is 235 cm³/mol. The number of allylic oxidation sites excluding steroid dienone is 7. The van der Waals surface area contributed by atoms with Crippen molar-refractivity contribution in [3.8, 4) is 0 Å². The van der Waals surface area contributed by atoms with E-state index in [9.17, 15) is 17.8 Å². The summed E-state index contributed by atoms with van der Waals surface area (Å²) in [7, 11) is -0.120. The van der Waals surface area contributed by atoms with Gasteiger partial charge in [0.05, 0.1) is 16.9 Å². The molecule has 1 amide bonds. The normalized spacial score (nSPS) is 18.7. The molecule has 0 saturated heterocycles. The first-order valence-corrected chi connectivity index (χ1v) is 23.0. The van der Waals surface area contributed by atoms with Crippen LogP contribution in [0.1, 0.15) is 96.3 Å². The number of fused-ring (bicyclic) bond motifs is 2. The summed E-state index contributed by atoms with van der Waals surface area (Å²) in [4.78, 5) is 18.2. The Kier molecular flexibility index (Phi) is 13.2. The number of benzene rings is 2. The molecule has 1 aliphatic carbocycles. The van der Waals surface area contributed by atoms with Crippen LogP contribution in [0.5, 0.6) is 0 Å². The number of hydrogen-bond acceptors (Lipinski definition) is 5. The number of anilines is 1. The number of carbonyl (C=O) groups is 1. The molecule has 1 N–H and O–H groups in total. The number of pyridine rings is 1. The van der Waals surface area contributed by atoms with E-state index in [0.29, 0.717) is 25.1 Å². The molecule has 302 valence electrons. The number of likely N-dealkylation sites (N-methyl/N-ethyl adjacent to an activating group) is 1. The molecule has 2 aromatic carbocycles. The van der Waals surface area contributed by atoms with Gasteiger partial charge in [0.1, 0.15) is 13.6 Å². The molecule has 0 atom stereocenters. The van der Waals surface area contributed by atoms with Crippen LogP contribution in [-0.2, 0) is 33.7 Å². The van der Waals surface area contributed by atoms with Crippen molar-refractivity contribution >= 4 is 44.2 Å². The van der Waals surface area contributed by atoms with Crippen LogP contribution in [0.2, 0.25) is 0 Å². The number of unbranched alkanes of at least 4 members (excludes halogenated alkanes) is 3. The van der Waals surface area contributed by atoms with Crippen molar-refractivity contribution in [2.24, 2.45) is 7.05 Å². The number of thioether (sulfide) groups is 1. The number of aryl methyl sites for hydroxylation is 1. The maximum absolute atomic E-state index is 14.1. The van der Waals surface area contributed by atoms with Gasteiger partial charge in [0.15, 0.2) is 18.1 Å². The molecule has 0 bridgehead atoms. The molecule has 3 aliphatic rings. The first-order valence-electron chi connectivity index (χ1n) is 20.4. The van der Waals surface area contributed by atoms with E-state index < -0.39 is 10.1 Å². The second-order valence-corrected chi connectivity index (χ2v) is 19.1. The predicted octanol–water partition coefficient (Wildman–Crippen LogP) is 9.94. The molecule has 0 fully saturated rings. The summed E-state index contributed by atoms with van der Waals surface area (Å²) >= 11 is 1.32. The maximum Gasteiger partial charge on any atom is 0.286 e. The molecule has 2 aliphatic heterocycles. The first kappa shape index (κ1) is 42.4. The summed E-state index contributed by atoms with van der Waals surface area (Å²) in [5, 5.41) is 0.00101. The van der Waals surface area contributed by atoms with Crippen molar-refractivity contribution in [3.05, 3.63) is 137 Å². The van der Waals surface area contributed by atoms with E-state index in [1.807, 2.05) is 42.0 Å². The van der Waals surface area contributed by atoms with Gasteiger partial charge in [-0.15, -0.1) is 0 Å². The minimum atomic E-state index is -4.02. The van der Waals surface area contributed by atoms with Gasteiger partial charge in [-0.25, -0.2) is 4.57 Å². The second kappa shape index (κ2) is 17.7. The molecule has 57 heavy (non-hydrogen) atoms. The van der Waals surface area contributed by atoms with Gasteiger partial charge in [0, 0.05) is 72.4 Å². The van der Waals surface area contributed by atoms with Gasteiger partial charge in [0.2, 0.25) is 5.69 Å². The fourth-order valence-corrected chi connectivity index (χ4v) is 9.96. The van der Waals surface area contributed by atoms with Gasteiger partial charge < -0.3 is 9.80 Å². The fourth-order valence-electron chi connectivity index (χ4n) is 8.63. The van der Waals surface area contributed by atoms with Crippen molar-refractivity contribution in [1.29, 1.82) is 0 Å². The summed E-state index contributed by atoms with van der Waals surface area (Å²) in [5.41, 5.74) is 11.2. The Morgan fingerprint density at radius 3 is 2.32 bits per heavy atom. The monoisotopic (exact) mass is 808 g/mol. The second-order valence-electron chi connectivity index (χ2n) is 16.6. The Morgan fingerprint density at radius 2 is 1.60 bits per heavy atom. The van der Waals surface area contributed by atoms with Crippen molar-refractivity contribution in [2.45, 2.75) is 96.1 Å². The third kappa shape index (κ3) is 9.40. The fraction of sp³-hybridized carbons (Fsp3) is 0.426. The van der Waals surface area contributed by atoms with Crippen molar-refractivity contribution in [2.75, 3.05) is 30.8 Å². The van der Waals surface area contributed by atoms with Crippen LogP contribution < -0.4 is 9.47 Å². The number of rotatable bonds is 15. The maximum atomic E-state index is 14.1. The van der Waals surface area contributed by atoms with Crippen LogP contribution in [0.15, 0.2) is 120 Å². The highest BCUT2D eigenvalue weighted by atomic mass is 32.2. The zero-order valence-electron chi connectivity index (χ0n) is 34.8. The molecule has 0 radical (unpaired) electrons. The van der Waals surface area contributed by atoms with Gasteiger partial charge in [-0.3, -0.25) is 9.35 Å². The Morgan fingerprint density at radius 1 is 0.895 bits per heavy atom. The van der Waals surface area contributed by atoms with Crippen molar-refractivity contribution in [1.82, 2.24) is 4.90 Å². The van der Waals surface area contributed by atoms with Crippen LogP contribution in [0.4, 0.5) is 16.2 Å². The standard InChI is InChI=1S/C47H59N4O4S2/c1-8-9-14-29-50-40-19-12-10-17-38(40)46(2,3)42(50)25-23-36-21-22-37(44(36)49(7)45(52)56-34-35-27-31-48(6)32-28-35)24-26-43-47(4,5)39-18-11-13-20-41(39)51(43)30-15-16-33-57(53,54)55/h10-13,17-20,23-28,31-32H,8-9,14-16,21-22,29-30,33-34H2,1-7H3/q+1/p+1. The van der Waals surface area contributed by atoms with E-state index in [1.54, 1.807) is 0 Å². The van der Waals surface area contributed by atoms with Gasteiger partial charge >= 0.3 is 0 Å². The molecule has 3 heterocycles. The van der Waals surface area contributed by atoms with Gasteiger partial charge in [-0.1, -0.05) is 87.5 Å². The Balaban J connectivity index is 1.38. The van der Waals surface area contributed by atoms with E-state index in [-0.39, 0.29) is 21.8 Å². The molecule has 6 rings (SSSR count). The number of carbonyl (C=O) groups excluding carboxylic acids is 1. The third-order valence-electron chi connectivity index (χ3n) is 11.8. The van der Waals surface area contributed by atoms with E-state index in [1.165, 1.54) is 47.1 Å². The van der Waals surface area contributed by atoms with Crippen LogP contribution in [-0.4, -0.2) is 59.3 Å². The molecule has 0 spiro atoms. The number of amides is 1. The molecule has 3 aromatic rings. The zero-order chi connectivity index (χ0) is 41.0. The average Bonchev–Trinajstić information content (AvgIpc) is 3.75. The third-order valence-corrected chi connectivity index (χ3v) is 13.6. The summed E-state index contributed by atoms with van der Waals surface area (Å²) in [6.07, 6.45) is 19.1. The smallest absolute Gasteiger partial charge is 0.286 e. The molecule has 0 unspecified atom stereocenters. The lowest BCUT2D eigenvalue weighted by Crippen LogP contribution is -2.28. The van der Waals surface area contributed by atoms with Crippen LogP contribution in [0.25, 0.3) is 0 Å². The van der Waals surface area contributed by atoms with Crippen LogP contribution >= 0.6 is 11.8 Å². The summed E-state index contributed by atoms with van der Waals surface area (Å²) in [6, 6.07) is 21.3. The lowest BCUT2D eigenvalue weighted by molar-refractivity contribution is -0.671. The molecular weight excluding hydrogens is 749 g/mol.